The van der Waals surface area contributed by atoms with E-state index in [1.807, 2.05) is 0 Å². The molecule has 4 aliphatic rings. The number of halogens is 6. The van der Waals surface area contributed by atoms with E-state index >= 15 is 0 Å². The Balaban J connectivity index is 1.62. The molecule has 4 fully saturated rings. The van der Waals surface area contributed by atoms with Crippen molar-refractivity contribution in [3.63, 3.8) is 0 Å². The Labute approximate surface area is 202 Å². The summed E-state index contributed by atoms with van der Waals surface area (Å²) in [4.78, 5) is 18.5. The number of rotatable bonds is 7. The molecule has 4 saturated carbocycles. The third kappa shape index (κ3) is 3.54. The Morgan fingerprint density at radius 3 is 2.39 bits per heavy atom. The number of carbonyl (C=O) groups is 1. The van der Waals surface area contributed by atoms with Crippen molar-refractivity contribution in [3.8, 4) is 0 Å². The lowest BCUT2D eigenvalue weighted by atomic mass is 9.45. The quantitative estimate of drug-likeness (QED) is 0.498. The van der Waals surface area contributed by atoms with Gasteiger partial charge in [-0.05, 0) is 30.4 Å². The number of pyridine rings is 1. The van der Waals surface area contributed by atoms with Crippen LogP contribution < -0.4 is 4.90 Å². The van der Waals surface area contributed by atoms with E-state index in [1.54, 1.807) is 0 Å². The van der Waals surface area contributed by atoms with E-state index in [0.717, 1.165) is 34.3 Å². The van der Waals surface area contributed by atoms with E-state index in [1.165, 1.54) is 13.0 Å². The van der Waals surface area contributed by atoms with Crippen LogP contribution in [0.15, 0.2) is 29.6 Å². The van der Waals surface area contributed by atoms with Crippen LogP contribution in [0.5, 0.6) is 0 Å². The molecule has 196 valence electrons. The molecule has 2 aromatic rings. The van der Waals surface area contributed by atoms with Crippen LogP contribution in [-0.2, 0) is 16.3 Å². The maximum Gasteiger partial charge on any atom is 0.277 e. The number of hydrogen-bond acceptors (Lipinski definition) is 5. The van der Waals surface area contributed by atoms with Crippen LogP contribution in [0.3, 0.4) is 0 Å². The van der Waals surface area contributed by atoms with Crippen molar-refractivity contribution < 1.29 is 35.3 Å². The third-order valence-electron chi connectivity index (χ3n) is 7.52. The monoisotopic (exact) mass is 535 g/mol. The fourth-order valence-corrected chi connectivity index (χ4v) is 6.34. The van der Waals surface area contributed by atoms with E-state index in [-0.39, 0.29) is 30.1 Å². The Bertz CT molecular complexity index is 1340. The van der Waals surface area contributed by atoms with Gasteiger partial charge in [0.25, 0.3) is 18.3 Å². The fourth-order valence-electron chi connectivity index (χ4n) is 5.73. The highest BCUT2D eigenvalue weighted by Gasteiger charge is 2.82. The van der Waals surface area contributed by atoms with E-state index < -0.39 is 74.9 Å². The van der Waals surface area contributed by atoms with Crippen LogP contribution in [0.25, 0.3) is 0 Å². The van der Waals surface area contributed by atoms with Crippen molar-refractivity contribution in [2.24, 2.45) is 11.3 Å². The highest BCUT2D eigenvalue weighted by atomic mass is 32.2. The Morgan fingerprint density at radius 1 is 1.28 bits per heavy atom. The largest absolute Gasteiger partial charge is 0.295 e. The van der Waals surface area contributed by atoms with Gasteiger partial charge >= 0.3 is 0 Å². The predicted octanol–water partition coefficient (Wildman–Crippen LogP) is 5.13. The van der Waals surface area contributed by atoms with Gasteiger partial charge in [0.15, 0.2) is 0 Å². The molecule has 0 spiro atoms. The summed E-state index contributed by atoms with van der Waals surface area (Å²) in [6.45, 7) is 1.23. The minimum absolute atomic E-state index is 0.0755. The van der Waals surface area contributed by atoms with Crippen LogP contribution in [0, 0.1) is 16.1 Å². The van der Waals surface area contributed by atoms with Gasteiger partial charge in [-0.2, -0.15) is 5.10 Å². The SMILES string of the molecule is CC1(Cn2ncc(C(F)F)c2C(=O)N(c2ccnc(S(C)(=N)=O)c2)C23CC(C2)C3(F)F)CC(F)(F)C1. The predicted molar refractivity (Wildman–Crippen MR) is 116 cm³/mol. The Kier molecular flexibility index (Phi) is 5.18. The van der Waals surface area contributed by atoms with Gasteiger partial charge in [-0.25, -0.2) is 40.3 Å². The molecule has 1 unspecified atom stereocenters. The minimum Gasteiger partial charge on any atom is -0.295 e. The summed E-state index contributed by atoms with van der Waals surface area (Å²) < 4.78 is 106. The van der Waals surface area contributed by atoms with Gasteiger partial charge in [-0.3, -0.25) is 14.4 Å². The smallest absolute Gasteiger partial charge is 0.277 e. The lowest BCUT2D eigenvalue weighted by Crippen LogP contribution is -2.84. The zero-order valence-electron chi connectivity index (χ0n) is 19.3. The maximum absolute atomic E-state index is 14.9. The van der Waals surface area contributed by atoms with Gasteiger partial charge < -0.3 is 0 Å². The molecule has 1 N–H and O–H groups in total. The maximum atomic E-state index is 14.9. The molecule has 0 saturated heterocycles. The number of hydrogen-bond donors (Lipinski definition) is 1. The zero-order chi connectivity index (χ0) is 26.5. The van der Waals surface area contributed by atoms with Gasteiger partial charge in [0, 0.05) is 43.4 Å². The van der Waals surface area contributed by atoms with Gasteiger partial charge in [-0.1, -0.05) is 6.92 Å². The van der Waals surface area contributed by atoms with Crippen molar-refractivity contribution in [1.29, 1.82) is 4.78 Å². The Morgan fingerprint density at radius 2 is 1.92 bits per heavy atom. The first-order valence-corrected chi connectivity index (χ1v) is 13.1. The fraction of sp³-hybridized carbons (Fsp3) is 0.591. The summed E-state index contributed by atoms with van der Waals surface area (Å²) in [5.41, 5.74) is -4.66. The van der Waals surface area contributed by atoms with E-state index in [9.17, 15) is 35.3 Å². The number of alkyl halides is 6. The van der Waals surface area contributed by atoms with E-state index in [2.05, 4.69) is 10.1 Å². The summed E-state index contributed by atoms with van der Waals surface area (Å²) >= 11 is 0. The first-order valence-electron chi connectivity index (χ1n) is 11.1. The Hall–Kier alpha value is -2.64. The molecule has 2 aromatic heterocycles. The molecular formula is C22H23F6N5O2S. The number of nitrogens with zero attached hydrogens (tertiary/aromatic N) is 4. The highest BCUT2D eigenvalue weighted by molar-refractivity contribution is 7.91. The first kappa shape index (κ1) is 25.0. The van der Waals surface area contributed by atoms with Gasteiger partial charge in [0.2, 0.25) is 5.92 Å². The van der Waals surface area contributed by atoms with Crippen LogP contribution in [0.1, 0.15) is 55.1 Å². The van der Waals surface area contributed by atoms with Crippen molar-refractivity contribution in [2.75, 3.05) is 11.2 Å². The molecule has 36 heavy (non-hydrogen) atoms. The lowest BCUT2D eigenvalue weighted by molar-refractivity contribution is -0.292. The standard InChI is InChI=1S/C22H23F6N5O2S/c1-19(9-21(25,26)10-19)11-32-16(14(8-31-32)17(23)24)18(34)33(20-6-12(7-20)22(20,27)28)13-3-4-30-15(5-13)36(2,29)35/h3-5,8,12,17,29H,6-7,9-11H2,1-2H3. The van der Waals surface area contributed by atoms with Gasteiger partial charge in [0.05, 0.1) is 21.5 Å². The molecule has 0 aromatic carbocycles. The second kappa shape index (κ2) is 7.45. The molecule has 7 nitrogen and oxygen atoms in total. The van der Waals surface area contributed by atoms with E-state index in [0.29, 0.717) is 0 Å². The summed E-state index contributed by atoms with van der Waals surface area (Å²) in [5, 5.41) is 3.59. The van der Waals surface area contributed by atoms with E-state index in [4.69, 9.17) is 4.78 Å². The van der Waals surface area contributed by atoms with Crippen LogP contribution in [0.4, 0.5) is 32.0 Å². The summed E-state index contributed by atoms with van der Waals surface area (Å²) in [5.74, 6) is -8.37. The highest BCUT2D eigenvalue weighted by Crippen LogP contribution is 2.71. The second-order valence-electron chi connectivity index (χ2n) is 10.5. The summed E-state index contributed by atoms with van der Waals surface area (Å²) in [6, 6.07) is 2.28. The number of anilines is 1. The average molecular weight is 536 g/mol. The van der Waals surface area contributed by atoms with Gasteiger partial charge in [0.1, 0.15) is 16.3 Å². The summed E-state index contributed by atoms with van der Waals surface area (Å²) in [7, 11) is -3.39. The third-order valence-corrected chi connectivity index (χ3v) is 8.54. The molecule has 4 aliphatic carbocycles. The average Bonchev–Trinajstić information content (AvgIpc) is 3.11. The van der Waals surface area contributed by atoms with Crippen molar-refractivity contribution >= 4 is 21.3 Å². The lowest BCUT2D eigenvalue weighted by Gasteiger charge is -2.70. The molecule has 2 bridgehead atoms. The van der Waals surface area contributed by atoms with Crippen LogP contribution >= 0.6 is 0 Å². The summed E-state index contributed by atoms with van der Waals surface area (Å²) in [6.07, 6.45) is -1.48. The minimum atomic E-state index is -3.39. The zero-order valence-corrected chi connectivity index (χ0v) is 20.1. The topological polar surface area (TPSA) is 91.9 Å². The normalized spacial score (nSPS) is 28.4. The molecule has 2 heterocycles. The van der Waals surface area contributed by atoms with Crippen molar-refractivity contribution in [3.05, 3.63) is 35.8 Å². The molecule has 0 radical (unpaired) electrons. The van der Waals surface area contributed by atoms with Crippen molar-refractivity contribution in [1.82, 2.24) is 14.8 Å². The second-order valence-corrected chi connectivity index (χ2v) is 12.6. The first-order chi connectivity index (χ1) is 16.5. The van der Waals surface area contributed by atoms with Gasteiger partial charge in [-0.15, -0.1) is 0 Å². The molecule has 0 aliphatic heterocycles. The molecular weight excluding hydrogens is 512 g/mol. The molecule has 1 atom stereocenters. The molecule has 6 rings (SSSR count). The molecule has 1 amide bonds. The number of amides is 1. The number of aromatic nitrogens is 3. The van der Waals surface area contributed by atoms with Crippen molar-refractivity contribution in [2.45, 2.75) is 68.0 Å². The van der Waals surface area contributed by atoms with Crippen LogP contribution in [0.2, 0.25) is 0 Å². The number of carbonyl (C=O) groups excluding carboxylic acids is 1. The number of nitrogens with one attached hydrogen (secondary N) is 1. The van der Waals surface area contributed by atoms with Crippen LogP contribution in [-0.4, -0.2) is 48.5 Å². The molecule has 14 heteroatoms.